The first kappa shape index (κ1) is 19.1. The highest BCUT2D eigenvalue weighted by Gasteiger charge is 2.28. The Kier molecular flexibility index (Phi) is 6.27. The molecule has 2 aromatic carbocycles. The van der Waals surface area contributed by atoms with Crippen LogP contribution in [0.1, 0.15) is 19.4 Å². The van der Waals surface area contributed by atoms with Gasteiger partial charge in [-0.05, 0) is 35.7 Å². The Hall–Kier alpha value is -2.25. The Balaban J connectivity index is 2.06. The van der Waals surface area contributed by atoms with Gasteiger partial charge in [-0.25, -0.2) is 12.8 Å². The van der Waals surface area contributed by atoms with Crippen molar-refractivity contribution in [2.45, 2.75) is 31.3 Å². The normalized spacial score (nSPS) is 12.8. The lowest BCUT2D eigenvalue weighted by molar-refractivity contribution is -0.123. The smallest absolute Gasteiger partial charge is 0.241 e. The van der Waals surface area contributed by atoms with Crippen molar-refractivity contribution in [3.63, 3.8) is 0 Å². The van der Waals surface area contributed by atoms with Gasteiger partial charge in [-0.2, -0.15) is 4.72 Å². The third kappa shape index (κ3) is 5.37. The van der Waals surface area contributed by atoms with Crippen LogP contribution in [-0.4, -0.2) is 20.4 Å². The Labute approximate surface area is 147 Å². The number of sulfonamides is 1. The number of rotatable bonds is 7. The Morgan fingerprint density at radius 2 is 1.64 bits per heavy atom. The molecular weight excluding hydrogens is 343 g/mol. The average molecular weight is 364 g/mol. The molecule has 0 bridgehead atoms. The fraction of sp³-hybridized carbons (Fsp3) is 0.278. The SMILES string of the molecule is CC(C)[C@H](NS(=O)(=O)c1ccccc1)C(=O)NCc1ccc(F)cc1. The van der Waals surface area contributed by atoms with Crippen molar-refractivity contribution in [1.29, 1.82) is 0 Å². The maximum Gasteiger partial charge on any atom is 0.241 e. The summed E-state index contributed by atoms with van der Waals surface area (Å²) in [4.78, 5) is 12.5. The van der Waals surface area contributed by atoms with Gasteiger partial charge in [-0.3, -0.25) is 4.79 Å². The lowest BCUT2D eigenvalue weighted by atomic mass is 10.0. The van der Waals surface area contributed by atoms with Crippen molar-refractivity contribution in [1.82, 2.24) is 10.0 Å². The monoisotopic (exact) mass is 364 g/mol. The van der Waals surface area contributed by atoms with Gasteiger partial charge in [0.1, 0.15) is 11.9 Å². The predicted octanol–water partition coefficient (Wildman–Crippen LogP) is 2.45. The summed E-state index contributed by atoms with van der Waals surface area (Å²) in [7, 11) is -3.80. The molecule has 0 heterocycles. The van der Waals surface area contributed by atoms with Gasteiger partial charge in [0, 0.05) is 6.54 Å². The van der Waals surface area contributed by atoms with Crippen molar-refractivity contribution in [3.05, 3.63) is 66.0 Å². The fourth-order valence-corrected chi connectivity index (χ4v) is 3.59. The van der Waals surface area contributed by atoms with Crippen LogP contribution in [0, 0.1) is 11.7 Å². The largest absolute Gasteiger partial charge is 0.351 e. The molecule has 25 heavy (non-hydrogen) atoms. The zero-order valence-electron chi connectivity index (χ0n) is 14.1. The molecule has 0 saturated heterocycles. The lowest BCUT2D eigenvalue weighted by Crippen LogP contribution is -2.49. The molecule has 2 rings (SSSR count). The van der Waals surface area contributed by atoms with E-state index in [-0.39, 0.29) is 23.2 Å². The van der Waals surface area contributed by atoms with Crippen LogP contribution in [0.15, 0.2) is 59.5 Å². The third-order valence-corrected chi connectivity index (χ3v) is 5.12. The number of carbonyl (C=O) groups is 1. The minimum Gasteiger partial charge on any atom is -0.351 e. The van der Waals surface area contributed by atoms with E-state index >= 15 is 0 Å². The average Bonchev–Trinajstić information content (AvgIpc) is 2.59. The molecule has 2 N–H and O–H groups in total. The molecule has 1 amide bonds. The number of hydrogen-bond donors (Lipinski definition) is 2. The summed E-state index contributed by atoms with van der Waals surface area (Å²) in [6.45, 7) is 3.71. The first-order chi connectivity index (χ1) is 11.8. The zero-order chi connectivity index (χ0) is 18.4. The molecule has 0 aromatic heterocycles. The summed E-state index contributed by atoms with van der Waals surface area (Å²) >= 11 is 0. The molecule has 7 heteroatoms. The van der Waals surface area contributed by atoms with Gasteiger partial charge in [0.2, 0.25) is 15.9 Å². The van der Waals surface area contributed by atoms with E-state index in [0.29, 0.717) is 0 Å². The van der Waals surface area contributed by atoms with Gasteiger partial charge in [0.05, 0.1) is 4.90 Å². The summed E-state index contributed by atoms with van der Waals surface area (Å²) in [5.41, 5.74) is 0.725. The minimum absolute atomic E-state index is 0.104. The second kappa shape index (κ2) is 8.22. The van der Waals surface area contributed by atoms with Gasteiger partial charge < -0.3 is 5.32 Å². The predicted molar refractivity (Wildman–Crippen MR) is 93.6 cm³/mol. The Morgan fingerprint density at radius 1 is 1.04 bits per heavy atom. The minimum atomic E-state index is -3.80. The van der Waals surface area contributed by atoms with E-state index in [2.05, 4.69) is 10.0 Å². The topological polar surface area (TPSA) is 75.3 Å². The third-order valence-electron chi connectivity index (χ3n) is 3.66. The number of amides is 1. The van der Waals surface area contributed by atoms with E-state index in [9.17, 15) is 17.6 Å². The highest BCUT2D eigenvalue weighted by atomic mass is 32.2. The van der Waals surface area contributed by atoms with Crippen molar-refractivity contribution >= 4 is 15.9 Å². The van der Waals surface area contributed by atoms with Crippen LogP contribution in [0.5, 0.6) is 0 Å². The summed E-state index contributed by atoms with van der Waals surface area (Å²) in [5, 5.41) is 2.69. The van der Waals surface area contributed by atoms with Gasteiger partial charge in [-0.1, -0.05) is 44.2 Å². The molecule has 0 fully saturated rings. The molecule has 0 aliphatic heterocycles. The van der Waals surface area contributed by atoms with Crippen molar-refractivity contribution < 1.29 is 17.6 Å². The van der Waals surface area contributed by atoms with Gasteiger partial charge in [0.15, 0.2) is 0 Å². The maximum atomic E-state index is 12.9. The Morgan fingerprint density at radius 3 is 2.20 bits per heavy atom. The van der Waals surface area contributed by atoms with Gasteiger partial charge >= 0.3 is 0 Å². The first-order valence-corrected chi connectivity index (χ1v) is 9.37. The zero-order valence-corrected chi connectivity index (χ0v) is 14.9. The van der Waals surface area contributed by atoms with E-state index in [4.69, 9.17) is 0 Å². The van der Waals surface area contributed by atoms with E-state index in [0.717, 1.165) is 5.56 Å². The van der Waals surface area contributed by atoms with Crippen LogP contribution in [-0.2, 0) is 21.4 Å². The Bertz CT molecular complexity index is 806. The molecule has 0 unspecified atom stereocenters. The molecule has 0 aliphatic carbocycles. The van der Waals surface area contributed by atoms with Crippen LogP contribution in [0.3, 0.4) is 0 Å². The van der Waals surface area contributed by atoms with E-state index in [1.54, 1.807) is 44.2 Å². The summed E-state index contributed by atoms with van der Waals surface area (Å²) in [6.07, 6.45) is 0. The molecule has 5 nitrogen and oxygen atoms in total. The first-order valence-electron chi connectivity index (χ1n) is 7.89. The highest BCUT2D eigenvalue weighted by molar-refractivity contribution is 7.89. The molecule has 0 spiro atoms. The lowest BCUT2D eigenvalue weighted by Gasteiger charge is -2.21. The molecule has 2 aromatic rings. The number of benzene rings is 2. The van der Waals surface area contributed by atoms with Crippen molar-refractivity contribution in [3.8, 4) is 0 Å². The summed E-state index contributed by atoms with van der Waals surface area (Å²) in [6, 6.07) is 12.7. The van der Waals surface area contributed by atoms with Crippen LogP contribution >= 0.6 is 0 Å². The number of carbonyl (C=O) groups excluding carboxylic acids is 1. The number of nitrogens with one attached hydrogen (secondary N) is 2. The maximum absolute atomic E-state index is 12.9. The fourth-order valence-electron chi connectivity index (χ4n) is 2.23. The number of halogens is 1. The van der Waals surface area contributed by atoms with Crippen molar-refractivity contribution in [2.75, 3.05) is 0 Å². The molecule has 0 saturated carbocycles. The molecule has 0 aliphatic rings. The number of hydrogen-bond acceptors (Lipinski definition) is 3. The van der Waals surface area contributed by atoms with E-state index in [1.165, 1.54) is 24.3 Å². The second-order valence-corrected chi connectivity index (χ2v) is 7.71. The standard InChI is InChI=1S/C18H21FN2O3S/c1-13(2)17(21-25(23,24)16-6-4-3-5-7-16)18(22)20-12-14-8-10-15(19)11-9-14/h3-11,13,17,21H,12H2,1-2H3,(H,20,22)/t17-/m0/s1. The quantitative estimate of drug-likeness (QED) is 0.792. The van der Waals surface area contributed by atoms with Gasteiger partial charge in [0.25, 0.3) is 0 Å². The molecular formula is C18H21FN2O3S. The summed E-state index contributed by atoms with van der Waals surface area (Å²) in [5.74, 6) is -1.03. The molecule has 134 valence electrons. The van der Waals surface area contributed by atoms with Crippen LogP contribution in [0.4, 0.5) is 4.39 Å². The van der Waals surface area contributed by atoms with Crippen LogP contribution in [0.25, 0.3) is 0 Å². The highest BCUT2D eigenvalue weighted by Crippen LogP contribution is 2.12. The molecule has 1 atom stereocenters. The van der Waals surface area contributed by atoms with Crippen LogP contribution < -0.4 is 10.0 Å². The molecule has 0 radical (unpaired) electrons. The second-order valence-electron chi connectivity index (χ2n) is 6.00. The van der Waals surface area contributed by atoms with Crippen LogP contribution in [0.2, 0.25) is 0 Å². The van der Waals surface area contributed by atoms with Crippen molar-refractivity contribution in [2.24, 2.45) is 5.92 Å². The van der Waals surface area contributed by atoms with E-state index < -0.39 is 22.0 Å². The van der Waals surface area contributed by atoms with E-state index in [1.807, 2.05) is 0 Å². The van der Waals surface area contributed by atoms with Gasteiger partial charge in [-0.15, -0.1) is 0 Å². The summed E-state index contributed by atoms with van der Waals surface area (Å²) < 4.78 is 40.2.